The molecule has 144 valence electrons. The molecular formula is C16H12Cl2N6O4. The molecule has 3 aromatic rings. The lowest BCUT2D eigenvalue weighted by Gasteiger charge is -2.19. The van der Waals surface area contributed by atoms with Crippen molar-refractivity contribution in [2.24, 2.45) is 0 Å². The molecular weight excluding hydrogens is 411 g/mol. The smallest absolute Gasteiger partial charge is 0.293 e. The fourth-order valence-corrected chi connectivity index (χ4v) is 3.05. The zero-order valence-corrected chi connectivity index (χ0v) is 15.8. The standard InChI is InChI=1S/C16H12Cl2N6O4/c1-2-21(10-6-8-11(9-7-10)24(27)28)15(25)23-16(26)22(19-20-23)14-12(17)4-3-5-13(14)18/h3-9H,2H2,1H3. The van der Waals surface area contributed by atoms with Gasteiger partial charge in [-0.25, -0.2) is 9.59 Å². The highest BCUT2D eigenvalue weighted by atomic mass is 35.5. The summed E-state index contributed by atoms with van der Waals surface area (Å²) >= 11 is 12.2. The predicted molar refractivity (Wildman–Crippen MR) is 103 cm³/mol. The van der Waals surface area contributed by atoms with Gasteiger partial charge in [-0.2, -0.15) is 4.68 Å². The topological polar surface area (TPSA) is 116 Å². The molecule has 1 heterocycles. The second kappa shape index (κ2) is 7.79. The van der Waals surface area contributed by atoms with Gasteiger partial charge in [-0.1, -0.05) is 29.3 Å². The quantitative estimate of drug-likeness (QED) is 0.362. The Balaban J connectivity index is 1.99. The van der Waals surface area contributed by atoms with E-state index in [0.717, 1.165) is 4.68 Å². The normalized spacial score (nSPS) is 10.7. The molecule has 0 atom stereocenters. The minimum Gasteiger partial charge on any atom is -0.293 e. The first-order valence-corrected chi connectivity index (χ1v) is 8.66. The monoisotopic (exact) mass is 422 g/mol. The fourth-order valence-electron chi connectivity index (χ4n) is 2.49. The van der Waals surface area contributed by atoms with Crippen molar-refractivity contribution in [3.63, 3.8) is 0 Å². The molecule has 3 rings (SSSR count). The van der Waals surface area contributed by atoms with E-state index in [1.54, 1.807) is 13.0 Å². The molecule has 0 spiro atoms. The lowest BCUT2D eigenvalue weighted by Crippen LogP contribution is -2.41. The minimum atomic E-state index is -0.861. The Morgan fingerprint density at radius 2 is 1.75 bits per heavy atom. The summed E-state index contributed by atoms with van der Waals surface area (Å²) in [4.78, 5) is 36.9. The van der Waals surface area contributed by atoms with Crippen molar-refractivity contribution in [3.8, 4) is 5.69 Å². The molecule has 0 N–H and O–H groups in total. The van der Waals surface area contributed by atoms with Crippen molar-refractivity contribution < 1.29 is 9.72 Å². The van der Waals surface area contributed by atoms with E-state index in [2.05, 4.69) is 10.4 Å². The molecule has 0 aliphatic carbocycles. The number of hydrogen-bond donors (Lipinski definition) is 0. The number of hydrogen-bond acceptors (Lipinski definition) is 6. The minimum absolute atomic E-state index is 0.105. The van der Waals surface area contributed by atoms with Crippen LogP contribution >= 0.6 is 23.2 Å². The number of para-hydroxylation sites is 1. The number of amides is 1. The number of carbonyl (C=O) groups is 1. The number of benzene rings is 2. The van der Waals surface area contributed by atoms with Crippen LogP contribution in [0.15, 0.2) is 47.3 Å². The van der Waals surface area contributed by atoms with Crippen molar-refractivity contribution in [3.05, 3.63) is 73.1 Å². The average molecular weight is 423 g/mol. The highest BCUT2D eigenvalue weighted by Gasteiger charge is 2.24. The highest BCUT2D eigenvalue weighted by Crippen LogP contribution is 2.26. The van der Waals surface area contributed by atoms with Crippen molar-refractivity contribution in [2.45, 2.75) is 6.92 Å². The second-order valence-electron chi connectivity index (χ2n) is 5.46. The molecule has 0 unspecified atom stereocenters. The average Bonchev–Trinajstić information content (AvgIpc) is 3.04. The van der Waals surface area contributed by atoms with Crippen LogP contribution in [0.1, 0.15) is 6.92 Å². The number of rotatable bonds is 4. The van der Waals surface area contributed by atoms with Gasteiger partial charge in [0.25, 0.3) is 5.69 Å². The number of tetrazole rings is 1. The Bertz CT molecular complexity index is 1090. The molecule has 0 bridgehead atoms. The summed E-state index contributed by atoms with van der Waals surface area (Å²) in [7, 11) is 0. The Morgan fingerprint density at radius 3 is 2.29 bits per heavy atom. The first-order chi connectivity index (χ1) is 13.3. The number of anilines is 1. The van der Waals surface area contributed by atoms with Gasteiger partial charge in [0.2, 0.25) is 0 Å². The number of halogens is 2. The van der Waals surface area contributed by atoms with Crippen molar-refractivity contribution >= 4 is 40.6 Å². The molecule has 0 aliphatic heterocycles. The van der Waals surface area contributed by atoms with Crippen molar-refractivity contribution in [1.82, 2.24) is 19.8 Å². The number of nitro groups is 1. The zero-order valence-electron chi connectivity index (χ0n) is 14.3. The molecule has 12 heteroatoms. The Kier molecular flexibility index (Phi) is 5.43. The summed E-state index contributed by atoms with van der Waals surface area (Å²) in [5.41, 5.74) is -0.521. The number of non-ortho nitro benzene ring substituents is 1. The Hall–Kier alpha value is -3.24. The summed E-state index contributed by atoms with van der Waals surface area (Å²) in [5.74, 6) is 0. The first-order valence-electron chi connectivity index (χ1n) is 7.91. The van der Waals surface area contributed by atoms with E-state index in [-0.39, 0.29) is 28.0 Å². The number of carbonyl (C=O) groups excluding carboxylic acids is 1. The molecule has 28 heavy (non-hydrogen) atoms. The lowest BCUT2D eigenvalue weighted by molar-refractivity contribution is -0.384. The maximum Gasteiger partial charge on any atom is 0.377 e. The van der Waals surface area contributed by atoms with Crippen LogP contribution in [0.5, 0.6) is 0 Å². The first kappa shape index (κ1) is 19.5. The highest BCUT2D eigenvalue weighted by molar-refractivity contribution is 6.37. The Labute approximate surface area is 167 Å². The van der Waals surface area contributed by atoms with Crippen LogP contribution in [0.25, 0.3) is 5.69 Å². The van der Waals surface area contributed by atoms with Gasteiger partial charge in [-0.05, 0) is 41.6 Å². The summed E-state index contributed by atoms with van der Waals surface area (Å²) in [5, 5.41) is 18.4. The number of nitro benzene ring substituents is 1. The van der Waals surface area contributed by atoms with Gasteiger partial charge < -0.3 is 0 Å². The number of nitrogens with zero attached hydrogens (tertiary/aromatic N) is 6. The fraction of sp³-hybridized carbons (Fsp3) is 0.125. The molecule has 1 aromatic heterocycles. The summed E-state index contributed by atoms with van der Waals surface area (Å²) in [6, 6.07) is 9.18. The lowest BCUT2D eigenvalue weighted by atomic mass is 10.2. The Morgan fingerprint density at radius 1 is 1.14 bits per heavy atom. The second-order valence-corrected chi connectivity index (χ2v) is 6.27. The van der Waals surface area contributed by atoms with Crippen LogP contribution < -0.4 is 10.6 Å². The van der Waals surface area contributed by atoms with E-state index in [9.17, 15) is 19.7 Å². The maximum absolute atomic E-state index is 12.8. The third kappa shape index (κ3) is 3.47. The molecule has 0 saturated heterocycles. The zero-order chi connectivity index (χ0) is 20.4. The third-order valence-electron chi connectivity index (χ3n) is 3.83. The van der Waals surface area contributed by atoms with Crippen LogP contribution in [0, 0.1) is 10.1 Å². The van der Waals surface area contributed by atoms with E-state index >= 15 is 0 Å². The van der Waals surface area contributed by atoms with E-state index in [0.29, 0.717) is 10.4 Å². The SMILES string of the molecule is CCN(C(=O)n1nnn(-c2c(Cl)cccc2Cl)c1=O)c1ccc([N+](=O)[O-])cc1. The molecule has 10 nitrogen and oxygen atoms in total. The molecule has 0 fully saturated rings. The summed E-state index contributed by atoms with van der Waals surface area (Å²) < 4.78 is 1.39. The van der Waals surface area contributed by atoms with E-state index < -0.39 is 16.6 Å². The molecule has 0 radical (unpaired) electrons. The van der Waals surface area contributed by atoms with Crippen LogP contribution in [0.4, 0.5) is 16.2 Å². The van der Waals surface area contributed by atoms with Gasteiger partial charge in [0.15, 0.2) is 0 Å². The van der Waals surface area contributed by atoms with Gasteiger partial charge in [-0.3, -0.25) is 15.0 Å². The van der Waals surface area contributed by atoms with Gasteiger partial charge in [-0.15, -0.1) is 4.68 Å². The van der Waals surface area contributed by atoms with Crippen LogP contribution in [0.3, 0.4) is 0 Å². The van der Waals surface area contributed by atoms with Gasteiger partial charge in [0.05, 0.1) is 15.0 Å². The molecule has 2 aromatic carbocycles. The largest absolute Gasteiger partial charge is 0.377 e. The van der Waals surface area contributed by atoms with Gasteiger partial charge in [0.1, 0.15) is 5.69 Å². The summed E-state index contributed by atoms with van der Waals surface area (Å²) in [6.07, 6.45) is 0. The van der Waals surface area contributed by atoms with Crippen LogP contribution in [-0.4, -0.2) is 37.3 Å². The van der Waals surface area contributed by atoms with Crippen LogP contribution in [-0.2, 0) is 0 Å². The molecule has 1 amide bonds. The van der Waals surface area contributed by atoms with E-state index in [4.69, 9.17) is 23.2 Å². The third-order valence-corrected chi connectivity index (χ3v) is 4.44. The number of aromatic nitrogens is 4. The maximum atomic E-state index is 12.8. The van der Waals surface area contributed by atoms with Gasteiger partial charge >= 0.3 is 11.7 Å². The van der Waals surface area contributed by atoms with Crippen molar-refractivity contribution in [1.29, 1.82) is 0 Å². The van der Waals surface area contributed by atoms with Crippen molar-refractivity contribution in [2.75, 3.05) is 11.4 Å². The van der Waals surface area contributed by atoms with E-state index in [1.165, 1.54) is 41.3 Å². The van der Waals surface area contributed by atoms with Crippen LogP contribution in [0.2, 0.25) is 10.0 Å². The predicted octanol–water partition coefficient (Wildman–Crippen LogP) is 3.14. The van der Waals surface area contributed by atoms with E-state index in [1.807, 2.05) is 0 Å². The molecule has 0 aliphatic rings. The molecule has 0 saturated carbocycles. The van der Waals surface area contributed by atoms with Gasteiger partial charge in [0, 0.05) is 24.4 Å². The summed E-state index contributed by atoms with van der Waals surface area (Å²) in [6.45, 7) is 1.86.